The van der Waals surface area contributed by atoms with Crippen LogP contribution in [0.4, 0.5) is 0 Å². The van der Waals surface area contributed by atoms with E-state index in [1.165, 1.54) is 11.1 Å². The van der Waals surface area contributed by atoms with E-state index >= 15 is 0 Å². The van der Waals surface area contributed by atoms with Crippen molar-refractivity contribution in [2.75, 3.05) is 0 Å². The molecule has 0 saturated heterocycles. The number of fused-ring (bicyclic) bond motifs is 1. The van der Waals surface area contributed by atoms with Gasteiger partial charge in [0.05, 0.1) is 6.04 Å². The largest absolute Gasteiger partial charge is 0.351 e. The van der Waals surface area contributed by atoms with Crippen molar-refractivity contribution in [1.29, 1.82) is 0 Å². The van der Waals surface area contributed by atoms with Crippen LogP contribution in [0.1, 0.15) is 52.2 Å². The number of carbonyl (C=O) groups is 3. The van der Waals surface area contributed by atoms with Crippen LogP contribution in [0.3, 0.4) is 0 Å². The molecule has 3 amide bonds. The first-order valence-corrected chi connectivity index (χ1v) is 10.8. The summed E-state index contributed by atoms with van der Waals surface area (Å²) in [6.45, 7) is 9.04. The fraction of sp³-hybridized carbons (Fsp3) is 0.609. The van der Waals surface area contributed by atoms with Crippen LogP contribution in [0, 0.1) is 11.8 Å². The molecule has 0 fully saturated rings. The van der Waals surface area contributed by atoms with E-state index in [-0.39, 0.29) is 29.7 Å². The first-order valence-electron chi connectivity index (χ1n) is 10.8. The highest BCUT2D eigenvalue weighted by molar-refractivity contribution is 5.93. The Morgan fingerprint density at radius 3 is 1.97 bits per heavy atom. The SMILES string of the molecule is CC(C)[C@H](NC(=O)[C@H](C)N)C(=O)N[C@H](C(=O)NC1CCc2ccccc2C1)C(C)C. The number of hydrogen-bond acceptors (Lipinski definition) is 4. The molecule has 0 spiro atoms. The number of nitrogens with one attached hydrogen (secondary N) is 3. The second kappa shape index (κ2) is 10.6. The minimum Gasteiger partial charge on any atom is -0.351 e. The Balaban J connectivity index is 2.02. The molecule has 0 radical (unpaired) electrons. The summed E-state index contributed by atoms with van der Waals surface area (Å²) in [6, 6.07) is 6.19. The topological polar surface area (TPSA) is 113 Å². The zero-order valence-corrected chi connectivity index (χ0v) is 18.7. The fourth-order valence-corrected chi connectivity index (χ4v) is 3.71. The van der Waals surface area contributed by atoms with E-state index in [2.05, 4.69) is 28.1 Å². The summed E-state index contributed by atoms with van der Waals surface area (Å²) >= 11 is 0. The molecule has 166 valence electrons. The molecular weight excluding hydrogens is 380 g/mol. The average Bonchev–Trinajstić information content (AvgIpc) is 2.68. The number of nitrogens with two attached hydrogens (primary N) is 1. The van der Waals surface area contributed by atoms with Crippen molar-refractivity contribution in [3.8, 4) is 0 Å². The van der Waals surface area contributed by atoms with Crippen LogP contribution in [-0.4, -0.2) is 41.9 Å². The highest BCUT2D eigenvalue weighted by Crippen LogP contribution is 2.21. The van der Waals surface area contributed by atoms with Gasteiger partial charge in [-0.2, -0.15) is 0 Å². The van der Waals surface area contributed by atoms with E-state index < -0.39 is 24.0 Å². The van der Waals surface area contributed by atoms with Crippen LogP contribution in [0.25, 0.3) is 0 Å². The van der Waals surface area contributed by atoms with E-state index in [4.69, 9.17) is 5.73 Å². The molecule has 7 heteroatoms. The predicted molar refractivity (Wildman–Crippen MR) is 118 cm³/mol. The van der Waals surface area contributed by atoms with Crippen molar-refractivity contribution in [2.24, 2.45) is 17.6 Å². The van der Waals surface area contributed by atoms with Crippen molar-refractivity contribution in [2.45, 2.75) is 78.0 Å². The van der Waals surface area contributed by atoms with Crippen LogP contribution in [0.5, 0.6) is 0 Å². The lowest BCUT2D eigenvalue weighted by atomic mass is 9.88. The van der Waals surface area contributed by atoms with E-state index in [1.807, 2.05) is 39.8 Å². The third-order valence-electron chi connectivity index (χ3n) is 5.60. The van der Waals surface area contributed by atoms with Gasteiger partial charge in [0.15, 0.2) is 0 Å². The maximum absolute atomic E-state index is 13.0. The third kappa shape index (κ3) is 6.29. The summed E-state index contributed by atoms with van der Waals surface area (Å²) in [7, 11) is 0. The van der Waals surface area contributed by atoms with Gasteiger partial charge in [-0.05, 0) is 49.1 Å². The third-order valence-corrected chi connectivity index (χ3v) is 5.60. The van der Waals surface area contributed by atoms with Crippen molar-refractivity contribution in [1.82, 2.24) is 16.0 Å². The molecule has 5 N–H and O–H groups in total. The van der Waals surface area contributed by atoms with Crippen LogP contribution in [0.15, 0.2) is 24.3 Å². The summed E-state index contributed by atoms with van der Waals surface area (Å²) < 4.78 is 0. The van der Waals surface area contributed by atoms with Crippen molar-refractivity contribution in [3.05, 3.63) is 35.4 Å². The van der Waals surface area contributed by atoms with Crippen molar-refractivity contribution < 1.29 is 14.4 Å². The highest BCUT2D eigenvalue weighted by atomic mass is 16.2. The molecule has 1 unspecified atom stereocenters. The molecular formula is C23H36N4O3. The lowest BCUT2D eigenvalue weighted by Crippen LogP contribution is -2.59. The van der Waals surface area contributed by atoms with Gasteiger partial charge in [0.2, 0.25) is 17.7 Å². The van der Waals surface area contributed by atoms with Gasteiger partial charge >= 0.3 is 0 Å². The molecule has 0 heterocycles. The zero-order chi connectivity index (χ0) is 22.4. The van der Waals surface area contributed by atoms with Gasteiger partial charge in [-0.15, -0.1) is 0 Å². The summed E-state index contributed by atoms with van der Waals surface area (Å²) in [6.07, 6.45) is 2.60. The lowest BCUT2D eigenvalue weighted by molar-refractivity contribution is -0.134. The second-order valence-electron chi connectivity index (χ2n) is 8.97. The molecule has 1 aliphatic rings. The molecule has 0 bridgehead atoms. The number of aryl methyl sites for hydroxylation is 1. The second-order valence-corrected chi connectivity index (χ2v) is 8.97. The summed E-state index contributed by atoms with van der Waals surface area (Å²) in [4.78, 5) is 37.8. The molecule has 2 rings (SSSR count). The quantitative estimate of drug-likeness (QED) is 0.511. The first-order chi connectivity index (χ1) is 14.1. The average molecular weight is 417 g/mol. The smallest absolute Gasteiger partial charge is 0.243 e. The number of hydrogen-bond donors (Lipinski definition) is 4. The van der Waals surface area contributed by atoms with E-state index in [0.29, 0.717) is 0 Å². The van der Waals surface area contributed by atoms with Crippen LogP contribution in [0.2, 0.25) is 0 Å². The Bertz CT molecular complexity index is 761. The molecule has 30 heavy (non-hydrogen) atoms. The van der Waals surface area contributed by atoms with Crippen molar-refractivity contribution >= 4 is 17.7 Å². The minimum absolute atomic E-state index is 0.0456. The van der Waals surface area contributed by atoms with Crippen LogP contribution >= 0.6 is 0 Å². The molecule has 1 aliphatic carbocycles. The number of amides is 3. The molecule has 0 aromatic heterocycles. The standard InChI is InChI=1S/C23H36N4O3/c1-13(2)19(27-23(30)20(14(3)4)26-21(28)15(5)24)22(29)25-18-11-10-16-8-6-7-9-17(16)12-18/h6-9,13-15,18-20H,10-12,24H2,1-5H3,(H,25,29)(H,26,28)(H,27,30)/t15-,18?,19-,20-/m0/s1. The fourth-order valence-electron chi connectivity index (χ4n) is 3.71. The van der Waals surface area contributed by atoms with Gasteiger partial charge in [-0.1, -0.05) is 52.0 Å². The monoisotopic (exact) mass is 416 g/mol. The van der Waals surface area contributed by atoms with Crippen LogP contribution in [-0.2, 0) is 27.2 Å². The number of benzene rings is 1. The van der Waals surface area contributed by atoms with Crippen molar-refractivity contribution in [3.63, 3.8) is 0 Å². The van der Waals surface area contributed by atoms with Gasteiger partial charge < -0.3 is 21.7 Å². The molecule has 7 nitrogen and oxygen atoms in total. The Morgan fingerprint density at radius 2 is 1.40 bits per heavy atom. The van der Waals surface area contributed by atoms with Crippen LogP contribution < -0.4 is 21.7 Å². The molecule has 1 aromatic carbocycles. The number of rotatable bonds is 8. The Kier molecular flexibility index (Phi) is 8.41. The highest BCUT2D eigenvalue weighted by Gasteiger charge is 2.32. The van der Waals surface area contributed by atoms with Gasteiger partial charge in [0, 0.05) is 6.04 Å². The van der Waals surface area contributed by atoms with E-state index in [1.54, 1.807) is 6.92 Å². The summed E-state index contributed by atoms with van der Waals surface area (Å²) in [5, 5.41) is 8.64. The molecule has 0 aliphatic heterocycles. The van der Waals surface area contributed by atoms with E-state index in [9.17, 15) is 14.4 Å². The predicted octanol–water partition coefficient (Wildman–Crippen LogP) is 1.29. The first kappa shape index (κ1) is 23.9. The molecule has 0 saturated carbocycles. The van der Waals surface area contributed by atoms with Gasteiger partial charge in [-0.3, -0.25) is 14.4 Å². The maximum Gasteiger partial charge on any atom is 0.243 e. The Labute approximate surface area is 179 Å². The maximum atomic E-state index is 13.0. The van der Waals surface area contributed by atoms with Gasteiger partial charge in [0.1, 0.15) is 12.1 Å². The zero-order valence-electron chi connectivity index (χ0n) is 18.7. The van der Waals surface area contributed by atoms with E-state index in [0.717, 1.165) is 19.3 Å². The summed E-state index contributed by atoms with van der Waals surface area (Å²) in [5.74, 6) is -1.19. The molecule has 1 aromatic rings. The van der Waals surface area contributed by atoms with Gasteiger partial charge in [0.25, 0.3) is 0 Å². The minimum atomic E-state index is -0.751. The number of carbonyl (C=O) groups excluding carboxylic acids is 3. The normalized spacial score (nSPS) is 18.9. The summed E-state index contributed by atoms with van der Waals surface area (Å²) in [5.41, 5.74) is 8.21. The lowest BCUT2D eigenvalue weighted by Gasteiger charge is -2.30. The molecule has 4 atom stereocenters. The van der Waals surface area contributed by atoms with Gasteiger partial charge in [-0.25, -0.2) is 0 Å². The Morgan fingerprint density at radius 1 is 0.867 bits per heavy atom. The Hall–Kier alpha value is -2.41.